The smallest absolute Gasteiger partial charge is 0.157 e. The fraction of sp³-hybridized carbons (Fsp3) is 0.111. The maximum atomic E-state index is 6.35. The molecule has 0 aliphatic carbocycles. The molecular weight excluding hydrogens is 322 g/mol. The fourth-order valence-electron chi connectivity index (χ4n) is 2.81. The summed E-state index contributed by atoms with van der Waals surface area (Å²) in [6.45, 7) is 2.02. The van der Waals surface area contributed by atoms with Crippen LogP contribution in [0.1, 0.15) is 5.56 Å². The summed E-state index contributed by atoms with van der Waals surface area (Å²) in [5.74, 6) is 0.726. The molecule has 0 radical (unpaired) electrons. The molecule has 0 saturated carbocycles. The first-order valence-electron chi connectivity index (χ1n) is 7.63. The standard InChI is InChI=1S/C18H16ClN5/c1-11-4-3-5-13(19)17(11)23-18-16-9-21-10-24(16)15-7-6-12(20-2)8-14(15)22-18/h3-10,20H,1-2H3,(H,22,23). The van der Waals surface area contributed by atoms with Crippen molar-refractivity contribution in [2.75, 3.05) is 17.7 Å². The number of benzene rings is 2. The van der Waals surface area contributed by atoms with Gasteiger partial charge in [-0.15, -0.1) is 0 Å². The van der Waals surface area contributed by atoms with Gasteiger partial charge in [0, 0.05) is 12.7 Å². The number of imidazole rings is 1. The zero-order chi connectivity index (χ0) is 16.7. The molecule has 0 aliphatic rings. The molecule has 120 valence electrons. The average Bonchev–Trinajstić information content (AvgIpc) is 3.07. The topological polar surface area (TPSA) is 54.2 Å². The van der Waals surface area contributed by atoms with Gasteiger partial charge in [0.25, 0.3) is 0 Å². The number of nitrogens with zero attached hydrogens (tertiary/aromatic N) is 3. The summed E-state index contributed by atoms with van der Waals surface area (Å²) in [5.41, 5.74) is 5.71. The van der Waals surface area contributed by atoms with E-state index in [-0.39, 0.29) is 0 Å². The number of hydrogen-bond donors (Lipinski definition) is 2. The van der Waals surface area contributed by atoms with Gasteiger partial charge in [-0.05, 0) is 36.8 Å². The second kappa shape index (κ2) is 5.69. The summed E-state index contributed by atoms with van der Waals surface area (Å²) < 4.78 is 2.02. The first kappa shape index (κ1) is 14.8. The Morgan fingerprint density at radius 2 is 2.00 bits per heavy atom. The highest BCUT2D eigenvalue weighted by Gasteiger charge is 2.12. The van der Waals surface area contributed by atoms with Crippen molar-refractivity contribution >= 4 is 45.3 Å². The fourth-order valence-corrected chi connectivity index (χ4v) is 3.08. The Labute approximate surface area is 144 Å². The zero-order valence-corrected chi connectivity index (χ0v) is 14.1. The number of aryl methyl sites for hydroxylation is 1. The van der Waals surface area contributed by atoms with E-state index in [1.807, 2.05) is 54.8 Å². The Bertz CT molecular complexity index is 1030. The van der Waals surface area contributed by atoms with Gasteiger partial charge in [-0.3, -0.25) is 4.40 Å². The van der Waals surface area contributed by atoms with Crippen molar-refractivity contribution in [3.05, 3.63) is 59.5 Å². The van der Waals surface area contributed by atoms with Crippen molar-refractivity contribution in [3.63, 3.8) is 0 Å². The average molecular weight is 338 g/mol. The van der Waals surface area contributed by atoms with Crippen LogP contribution in [0.5, 0.6) is 0 Å². The van der Waals surface area contributed by atoms with E-state index in [1.165, 1.54) is 0 Å². The van der Waals surface area contributed by atoms with Crippen LogP contribution in [0.3, 0.4) is 0 Å². The first-order valence-corrected chi connectivity index (χ1v) is 8.01. The van der Waals surface area contributed by atoms with Crippen molar-refractivity contribution in [2.45, 2.75) is 6.92 Å². The highest BCUT2D eigenvalue weighted by atomic mass is 35.5. The molecule has 2 aromatic heterocycles. The van der Waals surface area contributed by atoms with Crippen LogP contribution in [0.15, 0.2) is 48.9 Å². The number of halogens is 1. The highest BCUT2D eigenvalue weighted by molar-refractivity contribution is 6.33. The molecule has 5 nitrogen and oxygen atoms in total. The molecule has 0 fully saturated rings. The lowest BCUT2D eigenvalue weighted by Crippen LogP contribution is -2.01. The molecule has 4 aromatic rings. The predicted molar refractivity (Wildman–Crippen MR) is 99.5 cm³/mol. The van der Waals surface area contributed by atoms with Crippen LogP contribution < -0.4 is 10.6 Å². The van der Waals surface area contributed by atoms with Crippen molar-refractivity contribution in [2.24, 2.45) is 0 Å². The Morgan fingerprint density at radius 1 is 1.12 bits per heavy atom. The Balaban J connectivity index is 1.94. The van der Waals surface area contributed by atoms with Gasteiger partial charge in [0.15, 0.2) is 5.82 Å². The summed E-state index contributed by atoms with van der Waals surface area (Å²) in [7, 11) is 1.89. The minimum absolute atomic E-state index is 0.665. The molecule has 2 heterocycles. The number of para-hydroxylation sites is 1. The molecule has 4 rings (SSSR count). The maximum absolute atomic E-state index is 6.35. The summed E-state index contributed by atoms with van der Waals surface area (Å²) in [4.78, 5) is 9.07. The van der Waals surface area contributed by atoms with E-state index in [1.54, 1.807) is 12.5 Å². The van der Waals surface area contributed by atoms with E-state index in [0.29, 0.717) is 5.02 Å². The van der Waals surface area contributed by atoms with Gasteiger partial charge in [0.2, 0.25) is 0 Å². The number of aromatic nitrogens is 3. The second-order valence-corrected chi connectivity index (χ2v) is 6.03. The third-order valence-corrected chi connectivity index (χ3v) is 4.42. The van der Waals surface area contributed by atoms with E-state index >= 15 is 0 Å². The van der Waals surface area contributed by atoms with Gasteiger partial charge in [-0.25, -0.2) is 9.97 Å². The van der Waals surface area contributed by atoms with E-state index in [2.05, 4.69) is 15.6 Å². The van der Waals surface area contributed by atoms with Crippen LogP contribution in [0.2, 0.25) is 5.02 Å². The monoisotopic (exact) mass is 337 g/mol. The Morgan fingerprint density at radius 3 is 2.79 bits per heavy atom. The number of nitrogens with one attached hydrogen (secondary N) is 2. The Hall–Kier alpha value is -2.79. The third kappa shape index (κ3) is 2.34. The highest BCUT2D eigenvalue weighted by Crippen LogP contribution is 2.31. The van der Waals surface area contributed by atoms with Gasteiger partial charge in [0.05, 0.1) is 34.3 Å². The van der Waals surface area contributed by atoms with Crippen molar-refractivity contribution in [3.8, 4) is 0 Å². The van der Waals surface area contributed by atoms with Crippen LogP contribution in [-0.2, 0) is 0 Å². The summed E-state index contributed by atoms with van der Waals surface area (Å²) in [5, 5.41) is 7.18. The first-order chi connectivity index (χ1) is 11.7. The van der Waals surface area contributed by atoms with Crippen molar-refractivity contribution in [1.82, 2.24) is 14.4 Å². The molecule has 24 heavy (non-hydrogen) atoms. The molecule has 2 aromatic carbocycles. The van der Waals surface area contributed by atoms with Gasteiger partial charge in [-0.2, -0.15) is 0 Å². The van der Waals surface area contributed by atoms with Gasteiger partial charge < -0.3 is 10.6 Å². The number of rotatable bonds is 3. The van der Waals surface area contributed by atoms with Crippen LogP contribution in [-0.4, -0.2) is 21.4 Å². The number of hydrogen-bond acceptors (Lipinski definition) is 4. The normalized spacial score (nSPS) is 11.1. The zero-order valence-electron chi connectivity index (χ0n) is 13.3. The van der Waals surface area contributed by atoms with Crippen molar-refractivity contribution < 1.29 is 0 Å². The molecule has 2 N–H and O–H groups in total. The second-order valence-electron chi connectivity index (χ2n) is 5.62. The predicted octanol–water partition coefficient (Wildman–Crippen LogP) is 4.63. The molecule has 6 heteroatoms. The minimum atomic E-state index is 0.665. The van der Waals surface area contributed by atoms with Gasteiger partial charge in [0.1, 0.15) is 5.52 Å². The SMILES string of the molecule is CNc1ccc2c(c1)nc(Nc1c(C)cccc1Cl)c1cncn12. The van der Waals surface area contributed by atoms with Gasteiger partial charge in [-0.1, -0.05) is 23.7 Å². The summed E-state index contributed by atoms with van der Waals surface area (Å²) >= 11 is 6.35. The lowest BCUT2D eigenvalue weighted by atomic mass is 10.2. The van der Waals surface area contributed by atoms with Crippen LogP contribution >= 0.6 is 11.6 Å². The molecule has 0 atom stereocenters. The maximum Gasteiger partial charge on any atom is 0.157 e. The van der Waals surface area contributed by atoms with E-state index < -0.39 is 0 Å². The lowest BCUT2D eigenvalue weighted by molar-refractivity contribution is 1.18. The Kier molecular flexibility index (Phi) is 3.50. The molecule has 0 unspecified atom stereocenters. The van der Waals surface area contributed by atoms with Crippen molar-refractivity contribution in [1.29, 1.82) is 0 Å². The van der Waals surface area contributed by atoms with E-state index in [0.717, 1.165) is 39.3 Å². The minimum Gasteiger partial charge on any atom is -0.388 e. The van der Waals surface area contributed by atoms with Crippen LogP contribution in [0.4, 0.5) is 17.2 Å². The summed E-state index contributed by atoms with van der Waals surface area (Å²) in [6.07, 6.45) is 3.59. The van der Waals surface area contributed by atoms with E-state index in [9.17, 15) is 0 Å². The molecule has 0 aliphatic heterocycles. The van der Waals surface area contributed by atoms with Crippen LogP contribution in [0.25, 0.3) is 16.6 Å². The lowest BCUT2D eigenvalue weighted by Gasteiger charge is -2.13. The summed E-state index contributed by atoms with van der Waals surface area (Å²) in [6, 6.07) is 11.9. The molecule has 0 amide bonds. The third-order valence-electron chi connectivity index (χ3n) is 4.10. The molecular formula is C18H16ClN5. The largest absolute Gasteiger partial charge is 0.388 e. The van der Waals surface area contributed by atoms with Crippen LogP contribution in [0, 0.1) is 6.92 Å². The molecule has 0 spiro atoms. The molecule has 0 bridgehead atoms. The number of fused-ring (bicyclic) bond motifs is 3. The number of anilines is 3. The van der Waals surface area contributed by atoms with E-state index in [4.69, 9.17) is 16.6 Å². The quantitative estimate of drug-likeness (QED) is 0.572. The molecule has 0 saturated heterocycles. The van der Waals surface area contributed by atoms with Gasteiger partial charge >= 0.3 is 0 Å².